The van der Waals surface area contributed by atoms with Crippen LogP contribution in [0.4, 0.5) is 5.82 Å². The predicted octanol–water partition coefficient (Wildman–Crippen LogP) is 2.05. The zero-order valence-electron chi connectivity index (χ0n) is 10.1. The van der Waals surface area contributed by atoms with E-state index in [-0.39, 0.29) is 0 Å². The number of nitrogens with zero attached hydrogens (tertiary/aromatic N) is 2. The van der Waals surface area contributed by atoms with E-state index in [4.69, 9.17) is 18.0 Å². The van der Waals surface area contributed by atoms with Crippen LogP contribution in [-0.2, 0) is 0 Å². The molecule has 1 fully saturated rings. The van der Waals surface area contributed by atoms with Crippen molar-refractivity contribution in [3.8, 4) is 0 Å². The van der Waals surface area contributed by atoms with Gasteiger partial charge in [0.15, 0.2) is 0 Å². The van der Waals surface area contributed by atoms with Crippen LogP contribution in [0.15, 0.2) is 18.3 Å². The number of pyridine rings is 1. The number of nitrogens with two attached hydrogens (primary N) is 1. The Kier molecular flexibility index (Phi) is 3.58. The summed E-state index contributed by atoms with van der Waals surface area (Å²) in [7, 11) is 0. The van der Waals surface area contributed by atoms with Gasteiger partial charge in [0.05, 0.1) is 0 Å². The Labute approximate surface area is 112 Å². The molecular weight excluding hydrogens is 250 g/mol. The number of hydrogen-bond acceptors (Lipinski definition) is 4. The van der Waals surface area contributed by atoms with Crippen LogP contribution in [0.5, 0.6) is 0 Å². The molecule has 0 aliphatic carbocycles. The van der Waals surface area contributed by atoms with Crippen molar-refractivity contribution in [2.45, 2.75) is 18.6 Å². The lowest BCUT2D eigenvalue weighted by atomic mass is 10.2. The number of rotatable bonds is 2. The van der Waals surface area contributed by atoms with E-state index in [0.29, 0.717) is 9.74 Å². The zero-order valence-corrected chi connectivity index (χ0v) is 11.8. The third-order valence-electron chi connectivity index (χ3n) is 2.78. The second-order valence-corrected chi connectivity index (χ2v) is 7.04. The SMILES string of the molecule is CC1(C)CN(c2ccc(C(N)=S)cn2)CCS1. The highest BCUT2D eigenvalue weighted by Gasteiger charge is 2.27. The van der Waals surface area contributed by atoms with Crippen molar-refractivity contribution < 1.29 is 0 Å². The van der Waals surface area contributed by atoms with Gasteiger partial charge in [-0.05, 0) is 26.0 Å². The number of anilines is 1. The Morgan fingerprint density at radius 2 is 2.29 bits per heavy atom. The molecule has 1 aromatic heterocycles. The van der Waals surface area contributed by atoms with Crippen LogP contribution in [0, 0.1) is 0 Å². The molecule has 5 heteroatoms. The lowest BCUT2D eigenvalue weighted by Gasteiger charge is -2.38. The van der Waals surface area contributed by atoms with Gasteiger partial charge in [0.25, 0.3) is 0 Å². The standard InChI is InChI=1S/C12H17N3S2/c1-12(2)8-15(5-6-17-12)10-4-3-9(7-14-10)11(13)16/h3-4,7H,5-6,8H2,1-2H3,(H2,13,16). The third kappa shape index (κ3) is 3.10. The quantitative estimate of drug-likeness (QED) is 0.831. The average molecular weight is 267 g/mol. The van der Waals surface area contributed by atoms with Gasteiger partial charge in [-0.25, -0.2) is 4.98 Å². The van der Waals surface area contributed by atoms with Gasteiger partial charge in [0.2, 0.25) is 0 Å². The number of thioether (sulfide) groups is 1. The van der Waals surface area contributed by atoms with Crippen LogP contribution >= 0.6 is 24.0 Å². The van der Waals surface area contributed by atoms with Crippen molar-refractivity contribution in [3.63, 3.8) is 0 Å². The van der Waals surface area contributed by atoms with Crippen molar-refractivity contribution in [3.05, 3.63) is 23.9 Å². The zero-order chi connectivity index (χ0) is 12.5. The summed E-state index contributed by atoms with van der Waals surface area (Å²) in [5.41, 5.74) is 6.39. The van der Waals surface area contributed by atoms with Crippen molar-refractivity contribution in [1.82, 2.24) is 4.98 Å². The van der Waals surface area contributed by atoms with Crippen LogP contribution in [-0.4, -0.2) is 33.6 Å². The molecule has 1 saturated heterocycles. The molecule has 1 aliphatic heterocycles. The predicted molar refractivity (Wildman–Crippen MR) is 78.9 cm³/mol. The maximum absolute atomic E-state index is 5.56. The van der Waals surface area contributed by atoms with Crippen molar-refractivity contribution in [1.29, 1.82) is 0 Å². The van der Waals surface area contributed by atoms with E-state index in [2.05, 4.69) is 23.7 Å². The molecule has 0 atom stereocenters. The minimum Gasteiger partial charge on any atom is -0.389 e. The normalized spacial score (nSPS) is 19.1. The first-order chi connectivity index (χ1) is 7.98. The van der Waals surface area contributed by atoms with Gasteiger partial charge in [0, 0.05) is 35.3 Å². The summed E-state index contributed by atoms with van der Waals surface area (Å²) in [4.78, 5) is 7.16. The lowest BCUT2D eigenvalue weighted by molar-refractivity contribution is 0.642. The molecule has 92 valence electrons. The van der Waals surface area contributed by atoms with E-state index < -0.39 is 0 Å². The smallest absolute Gasteiger partial charge is 0.128 e. The molecule has 0 bridgehead atoms. The van der Waals surface area contributed by atoms with Gasteiger partial charge >= 0.3 is 0 Å². The fraction of sp³-hybridized carbons (Fsp3) is 0.500. The number of hydrogen-bond donors (Lipinski definition) is 1. The Hall–Kier alpha value is -0.810. The summed E-state index contributed by atoms with van der Waals surface area (Å²) in [6.45, 7) is 6.62. The summed E-state index contributed by atoms with van der Waals surface area (Å²) in [6, 6.07) is 3.94. The van der Waals surface area contributed by atoms with Gasteiger partial charge in [-0.1, -0.05) is 12.2 Å². The van der Waals surface area contributed by atoms with Crippen LogP contribution in [0.2, 0.25) is 0 Å². The first kappa shape index (κ1) is 12.6. The van der Waals surface area contributed by atoms with E-state index >= 15 is 0 Å². The van der Waals surface area contributed by atoms with E-state index in [0.717, 1.165) is 30.2 Å². The van der Waals surface area contributed by atoms with E-state index in [1.54, 1.807) is 6.20 Å². The summed E-state index contributed by atoms with van der Waals surface area (Å²) in [5, 5.41) is 0. The van der Waals surface area contributed by atoms with Crippen molar-refractivity contribution in [2.75, 3.05) is 23.7 Å². The first-order valence-corrected chi connectivity index (χ1v) is 7.02. The van der Waals surface area contributed by atoms with Gasteiger partial charge in [-0.2, -0.15) is 11.8 Å². The van der Waals surface area contributed by atoms with Crippen LogP contribution in [0.25, 0.3) is 0 Å². The summed E-state index contributed by atoms with van der Waals surface area (Å²) in [5.74, 6) is 2.16. The molecule has 0 saturated carbocycles. The Morgan fingerprint density at radius 1 is 1.53 bits per heavy atom. The molecule has 1 aliphatic rings. The fourth-order valence-electron chi connectivity index (χ4n) is 1.93. The van der Waals surface area contributed by atoms with Gasteiger partial charge in [0.1, 0.15) is 10.8 Å². The summed E-state index contributed by atoms with van der Waals surface area (Å²) >= 11 is 6.94. The molecule has 0 unspecified atom stereocenters. The first-order valence-electron chi connectivity index (χ1n) is 5.63. The third-order valence-corrected chi connectivity index (χ3v) is 4.31. The largest absolute Gasteiger partial charge is 0.389 e. The molecule has 2 rings (SSSR count). The van der Waals surface area contributed by atoms with Crippen LogP contribution in [0.3, 0.4) is 0 Å². The number of aromatic nitrogens is 1. The minimum absolute atomic E-state index is 0.293. The van der Waals surface area contributed by atoms with E-state index in [1.165, 1.54) is 0 Å². The van der Waals surface area contributed by atoms with Crippen LogP contribution < -0.4 is 10.6 Å². The second-order valence-electron chi connectivity index (χ2n) is 4.80. The maximum atomic E-state index is 5.56. The molecule has 1 aromatic rings. The Morgan fingerprint density at radius 3 is 2.82 bits per heavy atom. The topological polar surface area (TPSA) is 42.1 Å². The molecule has 17 heavy (non-hydrogen) atoms. The van der Waals surface area contributed by atoms with Crippen LogP contribution in [0.1, 0.15) is 19.4 Å². The molecule has 3 nitrogen and oxygen atoms in total. The number of thiocarbonyl (C=S) groups is 1. The molecule has 0 spiro atoms. The highest BCUT2D eigenvalue weighted by atomic mass is 32.2. The second kappa shape index (κ2) is 4.82. The molecule has 0 radical (unpaired) electrons. The van der Waals surface area contributed by atoms with Gasteiger partial charge in [-0.15, -0.1) is 0 Å². The molecule has 2 heterocycles. The van der Waals surface area contributed by atoms with E-state index in [9.17, 15) is 0 Å². The molecular formula is C12H17N3S2. The van der Waals surface area contributed by atoms with Gasteiger partial charge < -0.3 is 10.6 Å². The maximum Gasteiger partial charge on any atom is 0.128 e. The highest BCUT2D eigenvalue weighted by Crippen LogP contribution is 2.31. The highest BCUT2D eigenvalue weighted by molar-refractivity contribution is 8.00. The Balaban J connectivity index is 2.14. The Bertz CT molecular complexity index is 414. The van der Waals surface area contributed by atoms with E-state index in [1.807, 2.05) is 23.9 Å². The fourth-order valence-corrected chi connectivity index (χ4v) is 3.16. The van der Waals surface area contributed by atoms with Crippen molar-refractivity contribution in [2.24, 2.45) is 5.73 Å². The van der Waals surface area contributed by atoms with Crippen molar-refractivity contribution >= 4 is 34.8 Å². The summed E-state index contributed by atoms with van der Waals surface area (Å²) < 4.78 is 0.293. The molecule has 2 N–H and O–H groups in total. The minimum atomic E-state index is 0.293. The molecule has 0 amide bonds. The lowest BCUT2D eigenvalue weighted by Crippen LogP contribution is -2.43. The summed E-state index contributed by atoms with van der Waals surface area (Å²) in [6.07, 6.45) is 1.76. The average Bonchev–Trinajstić information content (AvgIpc) is 2.28. The van der Waals surface area contributed by atoms with Gasteiger partial charge in [-0.3, -0.25) is 0 Å². The monoisotopic (exact) mass is 267 g/mol. The molecule has 0 aromatic carbocycles.